The standard InChI is InChI=1S/C12H9Br2N3O/c13-8-3-4-10(11(14)6-8)12(18)15-7-9-2-1-5-16-17-9/h1-6H,7H2,(H,15,18). The van der Waals surface area contributed by atoms with Gasteiger partial charge in [0.15, 0.2) is 0 Å². The van der Waals surface area contributed by atoms with Crippen molar-refractivity contribution in [2.75, 3.05) is 0 Å². The molecule has 0 aliphatic carbocycles. The number of hydrogen-bond donors (Lipinski definition) is 1. The summed E-state index contributed by atoms with van der Waals surface area (Å²) in [5, 5.41) is 10.4. The van der Waals surface area contributed by atoms with Crippen LogP contribution in [-0.2, 0) is 6.54 Å². The smallest absolute Gasteiger partial charge is 0.252 e. The van der Waals surface area contributed by atoms with Crippen LogP contribution in [0.25, 0.3) is 0 Å². The third kappa shape index (κ3) is 3.36. The molecule has 1 heterocycles. The maximum absolute atomic E-state index is 11.9. The molecule has 92 valence electrons. The summed E-state index contributed by atoms with van der Waals surface area (Å²) in [5.74, 6) is -0.153. The van der Waals surface area contributed by atoms with E-state index in [9.17, 15) is 4.79 Å². The maximum atomic E-state index is 11.9. The van der Waals surface area contributed by atoms with Gasteiger partial charge in [-0.05, 0) is 46.3 Å². The van der Waals surface area contributed by atoms with E-state index < -0.39 is 0 Å². The van der Waals surface area contributed by atoms with E-state index in [1.807, 2.05) is 18.2 Å². The summed E-state index contributed by atoms with van der Waals surface area (Å²) in [7, 11) is 0. The Kier molecular flexibility index (Phi) is 4.43. The monoisotopic (exact) mass is 369 g/mol. The van der Waals surface area contributed by atoms with E-state index in [0.29, 0.717) is 12.1 Å². The number of rotatable bonds is 3. The molecule has 0 saturated heterocycles. The van der Waals surface area contributed by atoms with Crippen molar-refractivity contribution in [3.8, 4) is 0 Å². The molecule has 1 aromatic carbocycles. The zero-order valence-electron chi connectivity index (χ0n) is 9.23. The van der Waals surface area contributed by atoms with Crippen molar-refractivity contribution >= 4 is 37.8 Å². The van der Waals surface area contributed by atoms with Crippen molar-refractivity contribution in [2.45, 2.75) is 6.54 Å². The summed E-state index contributed by atoms with van der Waals surface area (Å²) in [6, 6.07) is 8.99. The highest BCUT2D eigenvalue weighted by Crippen LogP contribution is 2.21. The Labute approximate surface area is 121 Å². The second-order valence-corrected chi connectivity index (χ2v) is 5.29. The fourth-order valence-electron chi connectivity index (χ4n) is 1.37. The molecule has 0 bridgehead atoms. The highest BCUT2D eigenvalue weighted by atomic mass is 79.9. The largest absolute Gasteiger partial charge is 0.346 e. The third-order valence-electron chi connectivity index (χ3n) is 2.23. The van der Waals surface area contributed by atoms with Gasteiger partial charge < -0.3 is 5.32 Å². The normalized spacial score (nSPS) is 10.1. The van der Waals surface area contributed by atoms with Crippen LogP contribution in [0.5, 0.6) is 0 Å². The van der Waals surface area contributed by atoms with Gasteiger partial charge in [-0.15, -0.1) is 0 Å². The second-order valence-electron chi connectivity index (χ2n) is 3.52. The van der Waals surface area contributed by atoms with Crippen molar-refractivity contribution in [1.82, 2.24) is 15.5 Å². The average molecular weight is 371 g/mol. The first-order valence-corrected chi connectivity index (χ1v) is 6.75. The summed E-state index contributed by atoms with van der Waals surface area (Å²) in [6.45, 7) is 0.356. The van der Waals surface area contributed by atoms with Gasteiger partial charge in [0.2, 0.25) is 0 Å². The first-order valence-electron chi connectivity index (χ1n) is 5.16. The molecule has 1 N–H and O–H groups in total. The molecule has 0 aliphatic rings. The van der Waals surface area contributed by atoms with Gasteiger partial charge in [-0.3, -0.25) is 4.79 Å². The zero-order valence-corrected chi connectivity index (χ0v) is 12.4. The lowest BCUT2D eigenvalue weighted by Gasteiger charge is -2.06. The predicted octanol–water partition coefficient (Wildman–Crippen LogP) is 2.93. The van der Waals surface area contributed by atoms with E-state index in [0.717, 1.165) is 14.6 Å². The van der Waals surface area contributed by atoms with E-state index in [-0.39, 0.29) is 5.91 Å². The Morgan fingerprint density at radius 3 is 2.78 bits per heavy atom. The SMILES string of the molecule is O=C(NCc1cccnn1)c1ccc(Br)cc1Br. The van der Waals surface area contributed by atoms with Gasteiger partial charge >= 0.3 is 0 Å². The maximum Gasteiger partial charge on any atom is 0.252 e. The van der Waals surface area contributed by atoms with Gasteiger partial charge in [-0.25, -0.2) is 0 Å². The number of amides is 1. The van der Waals surface area contributed by atoms with E-state index in [1.54, 1.807) is 18.3 Å². The number of carbonyl (C=O) groups is 1. The average Bonchev–Trinajstić information content (AvgIpc) is 2.37. The molecule has 1 aromatic heterocycles. The Bertz CT molecular complexity index is 561. The third-order valence-corrected chi connectivity index (χ3v) is 3.38. The molecule has 1 amide bonds. The van der Waals surface area contributed by atoms with Gasteiger partial charge in [0.05, 0.1) is 17.8 Å². The molecule has 0 unspecified atom stereocenters. The molecule has 0 aliphatic heterocycles. The Hall–Kier alpha value is -1.27. The molecule has 0 fully saturated rings. The van der Waals surface area contributed by atoms with Gasteiger partial charge in [0, 0.05) is 15.1 Å². The van der Waals surface area contributed by atoms with Crippen LogP contribution in [-0.4, -0.2) is 16.1 Å². The van der Waals surface area contributed by atoms with E-state index in [2.05, 4.69) is 47.4 Å². The molecular formula is C12H9Br2N3O. The molecule has 0 atom stereocenters. The Balaban J connectivity index is 2.04. The quantitative estimate of drug-likeness (QED) is 0.903. The van der Waals surface area contributed by atoms with Crippen LogP contribution in [0.1, 0.15) is 16.1 Å². The Morgan fingerprint density at radius 1 is 1.28 bits per heavy atom. The van der Waals surface area contributed by atoms with Crippen LogP contribution in [0, 0.1) is 0 Å². The van der Waals surface area contributed by atoms with Gasteiger partial charge in [0.25, 0.3) is 5.91 Å². The topological polar surface area (TPSA) is 54.9 Å². The molecule has 6 heteroatoms. The lowest BCUT2D eigenvalue weighted by Crippen LogP contribution is -2.23. The number of halogens is 2. The molecule has 0 saturated carbocycles. The predicted molar refractivity (Wildman–Crippen MR) is 75.0 cm³/mol. The van der Waals surface area contributed by atoms with E-state index in [1.165, 1.54) is 0 Å². The van der Waals surface area contributed by atoms with Crippen LogP contribution >= 0.6 is 31.9 Å². The van der Waals surface area contributed by atoms with Crippen molar-refractivity contribution in [3.63, 3.8) is 0 Å². The lowest BCUT2D eigenvalue weighted by atomic mass is 10.2. The number of benzene rings is 1. The molecule has 0 spiro atoms. The number of carbonyl (C=O) groups excluding carboxylic acids is 1. The van der Waals surface area contributed by atoms with E-state index in [4.69, 9.17) is 0 Å². The van der Waals surface area contributed by atoms with Gasteiger partial charge in [-0.1, -0.05) is 15.9 Å². The summed E-state index contributed by atoms with van der Waals surface area (Å²) < 4.78 is 1.66. The molecular weight excluding hydrogens is 362 g/mol. The van der Waals surface area contributed by atoms with Crippen LogP contribution in [0.4, 0.5) is 0 Å². The number of nitrogens with one attached hydrogen (secondary N) is 1. The minimum Gasteiger partial charge on any atom is -0.346 e. The fraction of sp³-hybridized carbons (Fsp3) is 0.0833. The van der Waals surface area contributed by atoms with Crippen molar-refractivity contribution in [1.29, 1.82) is 0 Å². The molecule has 2 aromatic rings. The van der Waals surface area contributed by atoms with Crippen molar-refractivity contribution < 1.29 is 4.79 Å². The zero-order chi connectivity index (χ0) is 13.0. The second kappa shape index (κ2) is 6.06. The van der Waals surface area contributed by atoms with Crippen molar-refractivity contribution in [3.05, 3.63) is 56.7 Å². The molecule has 18 heavy (non-hydrogen) atoms. The van der Waals surface area contributed by atoms with Crippen LogP contribution in [0.3, 0.4) is 0 Å². The van der Waals surface area contributed by atoms with Crippen LogP contribution < -0.4 is 5.32 Å². The summed E-state index contributed by atoms with van der Waals surface area (Å²) in [4.78, 5) is 11.9. The first-order chi connectivity index (χ1) is 8.66. The van der Waals surface area contributed by atoms with E-state index >= 15 is 0 Å². The first kappa shape index (κ1) is 13.2. The summed E-state index contributed by atoms with van der Waals surface area (Å²) in [6.07, 6.45) is 1.59. The number of hydrogen-bond acceptors (Lipinski definition) is 3. The lowest BCUT2D eigenvalue weighted by molar-refractivity contribution is 0.0949. The highest BCUT2D eigenvalue weighted by molar-refractivity contribution is 9.11. The minimum atomic E-state index is -0.153. The molecule has 0 radical (unpaired) electrons. The van der Waals surface area contributed by atoms with Gasteiger partial charge in [-0.2, -0.15) is 10.2 Å². The number of aromatic nitrogens is 2. The summed E-state index contributed by atoms with van der Waals surface area (Å²) >= 11 is 6.70. The summed E-state index contributed by atoms with van der Waals surface area (Å²) in [5.41, 5.74) is 1.31. The van der Waals surface area contributed by atoms with Crippen molar-refractivity contribution in [2.24, 2.45) is 0 Å². The van der Waals surface area contributed by atoms with Crippen LogP contribution in [0.2, 0.25) is 0 Å². The molecule has 4 nitrogen and oxygen atoms in total. The minimum absolute atomic E-state index is 0.153. The fourth-order valence-corrected chi connectivity index (χ4v) is 2.59. The Morgan fingerprint density at radius 2 is 2.11 bits per heavy atom. The number of nitrogens with zero attached hydrogens (tertiary/aromatic N) is 2. The molecule has 2 rings (SSSR count). The van der Waals surface area contributed by atoms with Gasteiger partial charge in [0.1, 0.15) is 0 Å². The highest BCUT2D eigenvalue weighted by Gasteiger charge is 2.09. The van der Waals surface area contributed by atoms with Crippen LogP contribution in [0.15, 0.2) is 45.5 Å².